The number of hydrogen-bond acceptors (Lipinski definition) is 16. The van der Waals surface area contributed by atoms with Crippen molar-refractivity contribution < 1.29 is 46.5 Å². The van der Waals surface area contributed by atoms with E-state index in [1.165, 1.54) is 72.8 Å². The summed E-state index contributed by atoms with van der Waals surface area (Å²) in [5, 5.41) is 37.2. The number of aromatic nitrogens is 4. The smallest absolute Gasteiger partial charge is 0.335 e. The Balaban J connectivity index is 0.000000226. The molecule has 8 N–H and O–H groups in total. The van der Waals surface area contributed by atoms with Gasteiger partial charge in [0, 0.05) is 58.4 Å². The van der Waals surface area contributed by atoms with Crippen LogP contribution in [0.1, 0.15) is 43.5 Å². The van der Waals surface area contributed by atoms with Gasteiger partial charge in [-0.1, -0.05) is 0 Å². The molecule has 0 fully saturated rings. The highest BCUT2D eigenvalue weighted by Gasteiger charge is 2.17. The van der Waals surface area contributed by atoms with E-state index in [-0.39, 0.29) is 44.2 Å². The Morgan fingerprint density at radius 3 is 1.00 bits per heavy atom. The van der Waals surface area contributed by atoms with E-state index in [0.29, 0.717) is 34.2 Å². The zero-order chi connectivity index (χ0) is 46.4. The summed E-state index contributed by atoms with van der Waals surface area (Å²) in [7, 11) is -7.39. The first-order valence-corrected chi connectivity index (χ1v) is 20.3. The first-order valence-electron chi connectivity index (χ1n) is 17.3. The highest BCUT2D eigenvalue weighted by Crippen LogP contribution is 2.17. The summed E-state index contributed by atoms with van der Waals surface area (Å²) in [4.78, 5) is 56.1. The van der Waals surface area contributed by atoms with Crippen molar-refractivity contribution in [3.63, 3.8) is 0 Å². The van der Waals surface area contributed by atoms with Crippen molar-refractivity contribution in [1.29, 1.82) is 0 Å². The van der Waals surface area contributed by atoms with Crippen LogP contribution in [0.2, 0.25) is 0 Å². The average Bonchev–Trinajstić information content (AvgIpc) is 3.18. The number of aromatic carboxylic acids is 2. The van der Waals surface area contributed by atoms with Gasteiger partial charge in [0.05, 0.1) is 30.8 Å². The molecule has 0 spiro atoms. The van der Waals surface area contributed by atoms with E-state index < -0.39 is 41.8 Å². The van der Waals surface area contributed by atoms with Gasteiger partial charge in [0.25, 0.3) is 31.4 Å². The van der Waals surface area contributed by atoms with E-state index in [0.717, 1.165) is 24.3 Å². The lowest BCUT2D eigenvalue weighted by atomic mass is 10.2. The maximum absolute atomic E-state index is 12.1. The van der Waals surface area contributed by atoms with Crippen LogP contribution in [0.3, 0.4) is 0 Å². The predicted molar refractivity (Wildman–Crippen MR) is 226 cm³/mol. The van der Waals surface area contributed by atoms with Crippen molar-refractivity contribution in [1.82, 2.24) is 19.9 Å². The molecule has 0 aliphatic carbocycles. The van der Waals surface area contributed by atoms with Crippen LogP contribution in [0.4, 0.5) is 34.6 Å². The molecule has 22 nitrogen and oxygen atoms in total. The van der Waals surface area contributed by atoms with Crippen LogP contribution in [-0.4, -0.2) is 68.8 Å². The zero-order valence-corrected chi connectivity index (χ0v) is 34.7. The van der Waals surface area contributed by atoms with Crippen molar-refractivity contribution in [3.8, 4) is 0 Å². The number of nitro benzene ring substituents is 2. The molecular formula is C38H38N10O12S2. The number of carboxylic acids is 2. The van der Waals surface area contributed by atoms with Crippen molar-refractivity contribution in [2.45, 2.75) is 37.5 Å². The SMILES string of the molecule is Cc1cc(C)nc(NS(=O)(=O)c2ccc(N)cc2)n1.Cc1cc(C)nc(NS(=O)(=O)c2ccc(N)cc2)n1.O=C(O)c1ccc([N+](=O)[O-])cc1.O=C(O)c1ccc([N+](=O)[O-])cc1. The first-order chi connectivity index (χ1) is 28.9. The second kappa shape index (κ2) is 21.2. The third kappa shape index (κ3) is 15.2. The molecule has 0 saturated heterocycles. The van der Waals surface area contributed by atoms with Gasteiger partial charge in [0.1, 0.15) is 0 Å². The topological polar surface area (TPSA) is 357 Å². The molecule has 0 bridgehead atoms. The summed E-state index contributed by atoms with van der Waals surface area (Å²) in [5.74, 6) is -2.06. The van der Waals surface area contributed by atoms with E-state index in [9.17, 15) is 46.7 Å². The van der Waals surface area contributed by atoms with E-state index in [4.69, 9.17) is 21.7 Å². The number of anilines is 4. The number of hydrogen-bond donors (Lipinski definition) is 6. The number of non-ortho nitro benzene ring substituents is 2. The molecule has 6 aromatic rings. The highest BCUT2D eigenvalue weighted by atomic mass is 32.2. The lowest BCUT2D eigenvalue weighted by Gasteiger charge is -2.08. The van der Waals surface area contributed by atoms with Gasteiger partial charge < -0.3 is 21.7 Å². The van der Waals surface area contributed by atoms with Crippen LogP contribution in [-0.2, 0) is 20.0 Å². The molecule has 0 unspecified atom stereocenters. The summed E-state index contributed by atoms with van der Waals surface area (Å²) < 4.78 is 53.1. The molecule has 24 heteroatoms. The highest BCUT2D eigenvalue weighted by molar-refractivity contribution is 7.93. The molecule has 0 aliphatic heterocycles. The molecule has 0 radical (unpaired) electrons. The molecule has 0 amide bonds. The minimum Gasteiger partial charge on any atom is -0.478 e. The molecule has 4 aromatic carbocycles. The fourth-order valence-corrected chi connectivity index (χ4v) is 6.53. The van der Waals surface area contributed by atoms with Gasteiger partial charge in [-0.15, -0.1) is 0 Å². The molecular weight excluding hydrogens is 853 g/mol. The van der Waals surface area contributed by atoms with Crippen LogP contribution < -0.4 is 20.9 Å². The number of nitrogens with zero attached hydrogens (tertiary/aromatic N) is 6. The lowest BCUT2D eigenvalue weighted by molar-refractivity contribution is -0.385. The molecule has 0 atom stereocenters. The van der Waals surface area contributed by atoms with E-state index in [1.807, 2.05) is 0 Å². The molecule has 6 rings (SSSR count). The maximum atomic E-state index is 12.1. The minimum atomic E-state index is -3.69. The van der Waals surface area contributed by atoms with E-state index in [1.54, 1.807) is 39.8 Å². The van der Waals surface area contributed by atoms with Crippen LogP contribution >= 0.6 is 0 Å². The zero-order valence-electron chi connectivity index (χ0n) is 33.0. The summed E-state index contributed by atoms with van der Waals surface area (Å²) in [6.45, 7) is 7.09. The van der Waals surface area contributed by atoms with Gasteiger partial charge in [-0.25, -0.2) is 55.8 Å². The Kier molecular flexibility index (Phi) is 16.5. The van der Waals surface area contributed by atoms with Gasteiger partial charge in [0.15, 0.2) is 0 Å². The van der Waals surface area contributed by atoms with Crippen molar-refractivity contribution in [2.75, 3.05) is 20.9 Å². The molecule has 2 aromatic heterocycles. The number of nitrogens with two attached hydrogens (primary N) is 2. The number of rotatable bonds is 10. The third-order valence-corrected chi connectivity index (χ3v) is 10.1. The third-order valence-electron chi connectivity index (χ3n) is 7.45. The standard InChI is InChI=1S/2C12H14N4O2S.2C7H5NO4/c2*1-8-7-9(2)15-12(14-8)16-19(17,18)11-5-3-10(13)4-6-11;2*9-7(10)5-1-3-6(4-2-5)8(11)12/h2*3-7H,13H2,1-2H3,(H,14,15,16);2*1-4H,(H,9,10). The Labute approximate surface area is 353 Å². The van der Waals surface area contributed by atoms with Gasteiger partial charge in [-0.2, -0.15) is 0 Å². The van der Waals surface area contributed by atoms with Gasteiger partial charge in [-0.05, 0) is 113 Å². The summed E-state index contributed by atoms with van der Waals surface area (Å²) in [6, 6.07) is 24.8. The number of carboxylic acid groups (broad SMARTS) is 2. The predicted octanol–water partition coefficient (Wildman–Crippen LogP) is 5.54. The Bertz CT molecular complexity index is 2480. The Hall–Kier alpha value is -8.12. The lowest BCUT2D eigenvalue weighted by Crippen LogP contribution is -2.15. The van der Waals surface area contributed by atoms with Gasteiger partial charge in [0.2, 0.25) is 11.9 Å². The summed E-state index contributed by atoms with van der Waals surface area (Å²) in [6.07, 6.45) is 0. The fraction of sp³-hybridized carbons (Fsp3) is 0.105. The minimum absolute atomic E-state index is 0.0422. The number of aryl methyl sites for hydroxylation is 4. The molecule has 2 heterocycles. The van der Waals surface area contributed by atoms with E-state index in [2.05, 4.69) is 29.4 Å². The van der Waals surface area contributed by atoms with Crippen LogP contribution in [0, 0.1) is 47.9 Å². The number of carbonyl (C=O) groups is 2. The maximum Gasteiger partial charge on any atom is 0.335 e. The average molecular weight is 891 g/mol. The van der Waals surface area contributed by atoms with Crippen molar-refractivity contribution in [3.05, 3.63) is 163 Å². The quantitative estimate of drug-likeness (QED) is 0.0558. The fourth-order valence-electron chi connectivity index (χ4n) is 4.65. The Morgan fingerprint density at radius 2 is 0.774 bits per heavy atom. The summed E-state index contributed by atoms with van der Waals surface area (Å²) in [5.41, 5.74) is 14.7. The first kappa shape index (κ1) is 48.3. The number of nitrogen functional groups attached to an aromatic ring is 2. The second-order valence-corrected chi connectivity index (χ2v) is 15.9. The number of sulfonamides is 2. The molecule has 0 aliphatic rings. The van der Waals surface area contributed by atoms with E-state index >= 15 is 0 Å². The van der Waals surface area contributed by atoms with Crippen LogP contribution in [0.25, 0.3) is 0 Å². The number of benzene rings is 4. The second-order valence-electron chi connectivity index (χ2n) is 12.5. The molecule has 324 valence electrons. The van der Waals surface area contributed by atoms with Gasteiger partial charge in [-0.3, -0.25) is 20.2 Å². The largest absolute Gasteiger partial charge is 0.478 e. The van der Waals surface area contributed by atoms with Crippen LogP contribution in [0.15, 0.2) is 119 Å². The monoisotopic (exact) mass is 890 g/mol. The van der Waals surface area contributed by atoms with Crippen LogP contribution in [0.5, 0.6) is 0 Å². The molecule has 62 heavy (non-hydrogen) atoms. The van der Waals surface area contributed by atoms with Gasteiger partial charge >= 0.3 is 11.9 Å². The number of nitrogens with one attached hydrogen (secondary N) is 2. The number of nitro groups is 2. The van der Waals surface area contributed by atoms with Crippen molar-refractivity contribution in [2.24, 2.45) is 0 Å². The normalized spacial score (nSPS) is 10.5. The molecule has 0 saturated carbocycles. The Morgan fingerprint density at radius 1 is 0.516 bits per heavy atom. The van der Waals surface area contributed by atoms with Crippen molar-refractivity contribution >= 4 is 66.6 Å². The summed E-state index contributed by atoms with van der Waals surface area (Å²) >= 11 is 0.